The maximum absolute atomic E-state index is 12.0. The molecule has 0 unspecified atom stereocenters. The van der Waals surface area contributed by atoms with Gasteiger partial charge in [0.1, 0.15) is 19.0 Å². The van der Waals surface area contributed by atoms with Crippen LogP contribution in [0.25, 0.3) is 0 Å². The van der Waals surface area contributed by atoms with E-state index in [-0.39, 0.29) is 13.2 Å². The quantitative estimate of drug-likeness (QED) is 0.116. The molecule has 0 aromatic heterocycles. The first kappa shape index (κ1) is 25.3. The zero-order valence-electron chi connectivity index (χ0n) is 19.7. The summed E-state index contributed by atoms with van der Waals surface area (Å²) in [6, 6.07) is 10.7. The van der Waals surface area contributed by atoms with E-state index in [1.54, 1.807) is 20.0 Å². The second-order valence-corrected chi connectivity index (χ2v) is 7.48. The number of nitrogens with zero attached hydrogens (tertiary/aromatic N) is 1. The molecule has 0 fully saturated rings. The molecule has 5 N–H and O–H groups in total. The van der Waals surface area contributed by atoms with Crippen molar-refractivity contribution in [2.75, 3.05) is 26.0 Å². The average Bonchev–Trinajstić information content (AvgIpc) is 2.79. The number of hydrazine groups is 1. The van der Waals surface area contributed by atoms with Gasteiger partial charge in [-0.2, -0.15) is 0 Å². The third kappa shape index (κ3) is 6.51. The SMILES string of the molecule is C#CCO/C(NC)=C(\C)C(=N)c1ccc(OCc2c(C)cccc2NC(=O)N(C)N)c(C)c1. The smallest absolute Gasteiger partial charge is 0.335 e. The summed E-state index contributed by atoms with van der Waals surface area (Å²) in [6.07, 6.45) is 5.26. The molecule has 2 aromatic carbocycles. The van der Waals surface area contributed by atoms with Crippen LogP contribution in [0.1, 0.15) is 29.2 Å². The third-order valence-corrected chi connectivity index (χ3v) is 5.05. The van der Waals surface area contributed by atoms with Crippen LogP contribution in [0.4, 0.5) is 10.5 Å². The van der Waals surface area contributed by atoms with Crippen molar-refractivity contribution in [2.45, 2.75) is 27.4 Å². The maximum atomic E-state index is 12.0. The van der Waals surface area contributed by atoms with Crippen LogP contribution < -0.4 is 21.2 Å². The summed E-state index contributed by atoms with van der Waals surface area (Å²) >= 11 is 0. The molecule has 8 nitrogen and oxygen atoms in total. The summed E-state index contributed by atoms with van der Waals surface area (Å²) < 4.78 is 11.5. The van der Waals surface area contributed by atoms with E-state index in [4.69, 9.17) is 27.1 Å². The van der Waals surface area contributed by atoms with Crippen molar-refractivity contribution >= 4 is 17.4 Å². The first-order chi connectivity index (χ1) is 15.7. The lowest BCUT2D eigenvalue weighted by atomic mass is 10.0. The minimum Gasteiger partial charge on any atom is -0.489 e. The van der Waals surface area contributed by atoms with Gasteiger partial charge in [0, 0.05) is 36.5 Å². The minimum atomic E-state index is -0.420. The summed E-state index contributed by atoms with van der Waals surface area (Å²) in [5.74, 6) is 9.08. The van der Waals surface area contributed by atoms with Crippen LogP contribution in [0.15, 0.2) is 47.9 Å². The van der Waals surface area contributed by atoms with Crippen LogP contribution in [0.2, 0.25) is 0 Å². The Bertz CT molecular complexity index is 1100. The number of aryl methyl sites for hydroxylation is 2. The lowest BCUT2D eigenvalue weighted by molar-refractivity contribution is 0.223. The second-order valence-electron chi connectivity index (χ2n) is 7.48. The average molecular weight is 450 g/mol. The number of anilines is 1. The van der Waals surface area contributed by atoms with Crippen molar-refractivity contribution in [2.24, 2.45) is 5.84 Å². The van der Waals surface area contributed by atoms with Crippen LogP contribution in [0.5, 0.6) is 5.75 Å². The van der Waals surface area contributed by atoms with Gasteiger partial charge in [-0.05, 0) is 56.2 Å². The van der Waals surface area contributed by atoms with Gasteiger partial charge in [-0.3, -0.25) is 10.4 Å². The van der Waals surface area contributed by atoms with Crippen LogP contribution >= 0.6 is 0 Å². The van der Waals surface area contributed by atoms with Crippen molar-refractivity contribution in [1.82, 2.24) is 10.3 Å². The van der Waals surface area contributed by atoms with Crippen molar-refractivity contribution in [3.8, 4) is 18.1 Å². The van der Waals surface area contributed by atoms with Crippen molar-refractivity contribution in [1.29, 1.82) is 5.41 Å². The molecule has 0 radical (unpaired) electrons. The number of carbonyl (C=O) groups is 1. The largest absolute Gasteiger partial charge is 0.489 e. The number of allylic oxidation sites excluding steroid dienone is 1. The zero-order valence-corrected chi connectivity index (χ0v) is 19.7. The van der Waals surface area contributed by atoms with E-state index in [1.807, 2.05) is 44.2 Å². The fourth-order valence-electron chi connectivity index (χ4n) is 3.14. The van der Waals surface area contributed by atoms with Gasteiger partial charge >= 0.3 is 6.03 Å². The van der Waals surface area contributed by atoms with Gasteiger partial charge in [-0.1, -0.05) is 18.1 Å². The number of urea groups is 1. The standard InChI is InChI=1S/C25H31N5O3/c1-7-13-32-24(28-5)18(4)23(26)19-11-12-22(17(3)14-19)33-15-20-16(2)9-8-10-21(20)29-25(31)30(6)27/h1,8-12,14,26,28H,13,15,27H2,2-6H3,(H,29,31)/b24-18+,26-23?. The number of ether oxygens (including phenoxy) is 2. The van der Waals surface area contributed by atoms with E-state index in [0.717, 1.165) is 27.3 Å². The Morgan fingerprint density at radius 2 is 1.97 bits per heavy atom. The number of hydrogen-bond acceptors (Lipinski definition) is 6. The van der Waals surface area contributed by atoms with E-state index in [9.17, 15) is 4.79 Å². The first-order valence-electron chi connectivity index (χ1n) is 10.3. The number of carbonyl (C=O) groups excluding carboxylic acids is 1. The highest BCUT2D eigenvalue weighted by atomic mass is 16.5. The Labute approximate surface area is 195 Å². The fourth-order valence-corrected chi connectivity index (χ4v) is 3.14. The third-order valence-electron chi connectivity index (χ3n) is 5.05. The first-order valence-corrected chi connectivity index (χ1v) is 10.3. The molecule has 33 heavy (non-hydrogen) atoms. The summed E-state index contributed by atoms with van der Waals surface area (Å²) in [5, 5.41) is 15.2. The lowest BCUT2D eigenvalue weighted by Gasteiger charge is -2.18. The number of amides is 2. The van der Waals surface area contributed by atoms with Gasteiger partial charge in [0.15, 0.2) is 5.88 Å². The maximum Gasteiger partial charge on any atom is 0.335 e. The van der Waals surface area contributed by atoms with Gasteiger partial charge in [-0.15, -0.1) is 6.42 Å². The van der Waals surface area contributed by atoms with Gasteiger partial charge < -0.3 is 20.1 Å². The molecule has 2 amide bonds. The van der Waals surface area contributed by atoms with E-state index < -0.39 is 6.03 Å². The van der Waals surface area contributed by atoms with Crippen LogP contribution in [0.3, 0.4) is 0 Å². The summed E-state index contributed by atoms with van der Waals surface area (Å²) in [6.45, 7) is 6.06. The summed E-state index contributed by atoms with van der Waals surface area (Å²) in [5.41, 5.74) is 5.04. The molecule has 8 heteroatoms. The number of nitrogens with two attached hydrogens (primary N) is 1. The number of terminal acetylenes is 1. The molecule has 0 atom stereocenters. The molecule has 0 spiro atoms. The predicted octanol–water partition coefficient (Wildman–Crippen LogP) is 3.69. The Kier molecular flexibility index (Phi) is 8.89. The molecule has 2 rings (SSSR count). The zero-order chi connectivity index (χ0) is 24.5. The van der Waals surface area contributed by atoms with E-state index in [1.165, 1.54) is 7.05 Å². The lowest BCUT2D eigenvalue weighted by Crippen LogP contribution is -2.37. The molecule has 0 bridgehead atoms. The van der Waals surface area contributed by atoms with Gasteiger partial charge in [0.05, 0.1) is 5.71 Å². The van der Waals surface area contributed by atoms with Crippen LogP contribution in [-0.4, -0.2) is 37.5 Å². The highest BCUT2D eigenvalue weighted by Crippen LogP contribution is 2.26. The summed E-state index contributed by atoms with van der Waals surface area (Å²) in [4.78, 5) is 12.0. The molecular formula is C25H31N5O3. The Morgan fingerprint density at radius 3 is 2.58 bits per heavy atom. The molecular weight excluding hydrogens is 418 g/mol. The molecule has 0 aliphatic carbocycles. The number of rotatable bonds is 9. The molecule has 174 valence electrons. The molecule has 0 aliphatic rings. The van der Waals surface area contributed by atoms with Crippen LogP contribution in [-0.2, 0) is 11.3 Å². The Morgan fingerprint density at radius 1 is 1.24 bits per heavy atom. The molecule has 0 saturated carbocycles. The Hall–Kier alpha value is -3.96. The predicted molar refractivity (Wildman–Crippen MR) is 131 cm³/mol. The topological polar surface area (TPSA) is 113 Å². The van der Waals surface area contributed by atoms with E-state index in [0.29, 0.717) is 28.6 Å². The monoisotopic (exact) mass is 449 g/mol. The second kappa shape index (κ2) is 11.6. The van der Waals surface area contributed by atoms with Gasteiger partial charge in [0.25, 0.3) is 0 Å². The molecule has 0 aliphatic heterocycles. The molecule has 0 saturated heterocycles. The van der Waals surface area contributed by atoms with Crippen molar-refractivity contribution < 1.29 is 14.3 Å². The van der Waals surface area contributed by atoms with Crippen molar-refractivity contribution in [3.05, 3.63) is 70.1 Å². The minimum absolute atomic E-state index is 0.121. The van der Waals surface area contributed by atoms with E-state index >= 15 is 0 Å². The van der Waals surface area contributed by atoms with Crippen molar-refractivity contribution in [3.63, 3.8) is 0 Å². The Balaban J connectivity index is 2.21. The number of benzene rings is 2. The fraction of sp³-hybridized carbons (Fsp3) is 0.280. The summed E-state index contributed by atoms with van der Waals surface area (Å²) in [7, 11) is 3.19. The van der Waals surface area contributed by atoms with Gasteiger partial charge in [0.2, 0.25) is 0 Å². The van der Waals surface area contributed by atoms with Crippen LogP contribution in [0, 0.1) is 31.6 Å². The number of hydrogen-bond donors (Lipinski definition) is 4. The highest BCUT2D eigenvalue weighted by molar-refractivity contribution is 6.10. The van der Waals surface area contributed by atoms with E-state index in [2.05, 4.69) is 16.6 Å². The number of nitrogens with one attached hydrogen (secondary N) is 3. The molecule has 2 aromatic rings. The van der Waals surface area contributed by atoms with Gasteiger partial charge in [-0.25, -0.2) is 10.6 Å². The molecule has 0 heterocycles. The highest BCUT2D eigenvalue weighted by Gasteiger charge is 2.14. The normalized spacial score (nSPS) is 11.1.